The number of methoxy groups -OCH3 is 1. The molecule has 0 aromatic heterocycles. The molecule has 1 amide bonds. The molecule has 2 N–H and O–H groups in total. The van der Waals surface area contributed by atoms with Crippen LogP contribution in [-0.2, 0) is 9.59 Å². The number of aliphatic carboxylic acids is 1. The molecule has 1 aromatic carbocycles. The standard InChI is InChI=1S/C13H18N2O4/c1-15(8-7-13(17)18)12(16)9-14-10-5-3-4-6-11(10)19-2/h3-6,14H,7-9H2,1-2H3,(H,17,18). The maximum absolute atomic E-state index is 11.8. The van der Waals surface area contributed by atoms with Crippen molar-refractivity contribution in [3.63, 3.8) is 0 Å². The number of amides is 1. The van der Waals surface area contributed by atoms with Gasteiger partial charge in [-0.05, 0) is 12.1 Å². The third kappa shape index (κ3) is 4.87. The SMILES string of the molecule is COc1ccccc1NCC(=O)N(C)CCC(=O)O. The molecule has 0 bridgehead atoms. The van der Waals surface area contributed by atoms with Crippen molar-refractivity contribution in [3.05, 3.63) is 24.3 Å². The molecule has 0 saturated carbocycles. The summed E-state index contributed by atoms with van der Waals surface area (Å²) in [6.07, 6.45) is -0.0586. The second kappa shape index (κ2) is 7.25. The van der Waals surface area contributed by atoms with E-state index in [2.05, 4.69) is 5.32 Å². The Kier molecular flexibility index (Phi) is 5.66. The number of carbonyl (C=O) groups is 2. The van der Waals surface area contributed by atoms with E-state index in [0.29, 0.717) is 5.75 Å². The van der Waals surface area contributed by atoms with E-state index in [4.69, 9.17) is 9.84 Å². The van der Waals surface area contributed by atoms with E-state index >= 15 is 0 Å². The summed E-state index contributed by atoms with van der Waals surface area (Å²) in [5.74, 6) is -0.437. The van der Waals surface area contributed by atoms with E-state index in [9.17, 15) is 9.59 Å². The molecule has 0 aliphatic heterocycles. The van der Waals surface area contributed by atoms with Gasteiger partial charge in [-0.1, -0.05) is 12.1 Å². The van der Waals surface area contributed by atoms with E-state index < -0.39 is 5.97 Å². The minimum absolute atomic E-state index is 0.0586. The molecule has 0 spiro atoms. The normalized spacial score (nSPS) is 9.79. The fourth-order valence-electron chi connectivity index (χ4n) is 1.48. The molecule has 0 aliphatic carbocycles. The summed E-state index contributed by atoms with van der Waals surface area (Å²) < 4.78 is 5.15. The van der Waals surface area contributed by atoms with Gasteiger partial charge in [0.1, 0.15) is 5.75 Å². The van der Waals surface area contributed by atoms with Crippen LogP contribution in [-0.4, -0.2) is 49.1 Å². The van der Waals surface area contributed by atoms with Crippen LogP contribution >= 0.6 is 0 Å². The number of carboxylic acids is 1. The predicted octanol–water partition coefficient (Wildman–Crippen LogP) is 1.04. The number of likely N-dealkylation sites (N-methyl/N-ethyl adjacent to an activating group) is 1. The average molecular weight is 266 g/mol. The first-order valence-corrected chi connectivity index (χ1v) is 5.87. The maximum Gasteiger partial charge on any atom is 0.305 e. The number of nitrogens with zero attached hydrogens (tertiary/aromatic N) is 1. The summed E-state index contributed by atoms with van der Waals surface area (Å²) in [6.45, 7) is 0.290. The Morgan fingerprint density at radius 3 is 2.68 bits per heavy atom. The van der Waals surface area contributed by atoms with Gasteiger partial charge in [0.2, 0.25) is 5.91 Å². The number of rotatable bonds is 7. The molecule has 0 heterocycles. The van der Waals surface area contributed by atoms with Crippen LogP contribution in [0.5, 0.6) is 5.75 Å². The second-order valence-corrected chi connectivity index (χ2v) is 4.01. The molecule has 1 aromatic rings. The molecule has 0 unspecified atom stereocenters. The zero-order valence-electron chi connectivity index (χ0n) is 11.0. The average Bonchev–Trinajstić information content (AvgIpc) is 2.42. The molecule has 104 valence electrons. The Balaban J connectivity index is 2.47. The van der Waals surface area contributed by atoms with Gasteiger partial charge in [0.15, 0.2) is 0 Å². The molecule has 19 heavy (non-hydrogen) atoms. The summed E-state index contributed by atoms with van der Waals surface area (Å²) in [5.41, 5.74) is 0.727. The third-order valence-corrected chi connectivity index (χ3v) is 2.62. The molecular weight excluding hydrogens is 248 g/mol. The Labute approximate surface area is 112 Å². The minimum Gasteiger partial charge on any atom is -0.495 e. The van der Waals surface area contributed by atoms with Gasteiger partial charge in [-0.15, -0.1) is 0 Å². The quantitative estimate of drug-likeness (QED) is 0.771. The van der Waals surface area contributed by atoms with Crippen LogP contribution in [0.3, 0.4) is 0 Å². The van der Waals surface area contributed by atoms with Crippen LogP contribution in [0.1, 0.15) is 6.42 Å². The number of benzene rings is 1. The van der Waals surface area contributed by atoms with Crippen molar-refractivity contribution < 1.29 is 19.4 Å². The van der Waals surface area contributed by atoms with E-state index in [0.717, 1.165) is 5.69 Å². The number of nitrogens with one attached hydrogen (secondary N) is 1. The van der Waals surface area contributed by atoms with Crippen molar-refractivity contribution in [2.75, 3.05) is 32.6 Å². The van der Waals surface area contributed by atoms with Gasteiger partial charge in [-0.3, -0.25) is 9.59 Å². The first kappa shape index (κ1) is 14.8. The van der Waals surface area contributed by atoms with Gasteiger partial charge >= 0.3 is 5.97 Å². The topological polar surface area (TPSA) is 78.9 Å². The second-order valence-electron chi connectivity index (χ2n) is 4.01. The van der Waals surface area contributed by atoms with Crippen molar-refractivity contribution in [3.8, 4) is 5.75 Å². The van der Waals surface area contributed by atoms with Crippen molar-refractivity contribution in [2.24, 2.45) is 0 Å². The molecular formula is C13H18N2O4. The smallest absolute Gasteiger partial charge is 0.305 e. The van der Waals surface area contributed by atoms with Crippen molar-refractivity contribution in [1.82, 2.24) is 4.90 Å². The van der Waals surface area contributed by atoms with Gasteiger partial charge in [0, 0.05) is 13.6 Å². The van der Waals surface area contributed by atoms with Crippen molar-refractivity contribution in [1.29, 1.82) is 0 Å². The lowest BCUT2D eigenvalue weighted by Crippen LogP contribution is -2.33. The summed E-state index contributed by atoms with van der Waals surface area (Å²) in [6, 6.07) is 7.28. The van der Waals surface area contributed by atoms with Crippen LogP contribution in [0.4, 0.5) is 5.69 Å². The molecule has 0 saturated heterocycles. The molecule has 0 aliphatic rings. The van der Waals surface area contributed by atoms with Gasteiger partial charge in [0.25, 0.3) is 0 Å². The first-order valence-electron chi connectivity index (χ1n) is 5.87. The highest BCUT2D eigenvalue weighted by atomic mass is 16.5. The highest BCUT2D eigenvalue weighted by molar-refractivity contribution is 5.81. The molecule has 0 atom stereocenters. The Morgan fingerprint density at radius 1 is 1.37 bits per heavy atom. The fraction of sp³-hybridized carbons (Fsp3) is 0.385. The number of carbonyl (C=O) groups excluding carboxylic acids is 1. The lowest BCUT2D eigenvalue weighted by atomic mass is 10.3. The van der Waals surface area contributed by atoms with Crippen molar-refractivity contribution >= 4 is 17.6 Å². The maximum atomic E-state index is 11.8. The van der Waals surface area contributed by atoms with E-state index in [1.54, 1.807) is 20.2 Å². The lowest BCUT2D eigenvalue weighted by Gasteiger charge is -2.17. The Hall–Kier alpha value is -2.24. The van der Waals surface area contributed by atoms with Crippen LogP contribution in [0.25, 0.3) is 0 Å². The van der Waals surface area contributed by atoms with Crippen LogP contribution in [0, 0.1) is 0 Å². The van der Waals surface area contributed by atoms with E-state index in [-0.39, 0.29) is 25.4 Å². The Morgan fingerprint density at radius 2 is 2.05 bits per heavy atom. The van der Waals surface area contributed by atoms with Gasteiger partial charge in [0.05, 0.1) is 25.8 Å². The number of para-hydroxylation sites is 2. The first-order chi connectivity index (χ1) is 9.04. The third-order valence-electron chi connectivity index (χ3n) is 2.62. The highest BCUT2D eigenvalue weighted by Gasteiger charge is 2.10. The summed E-state index contributed by atoms with van der Waals surface area (Å²) in [4.78, 5) is 23.6. The Bertz CT molecular complexity index is 448. The molecule has 6 heteroatoms. The largest absolute Gasteiger partial charge is 0.495 e. The summed E-state index contributed by atoms with van der Waals surface area (Å²) >= 11 is 0. The van der Waals surface area contributed by atoms with Gasteiger partial charge in [-0.25, -0.2) is 0 Å². The lowest BCUT2D eigenvalue weighted by molar-refractivity contribution is -0.138. The van der Waals surface area contributed by atoms with Crippen LogP contribution in [0.15, 0.2) is 24.3 Å². The van der Waals surface area contributed by atoms with E-state index in [1.165, 1.54) is 4.90 Å². The highest BCUT2D eigenvalue weighted by Crippen LogP contribution is 2.22. The molecule has 0 fully saturated rings. The monoisotopic (exact) mass is 266 g/mol. The predicted molar refractivity (Wildman–Crippen MR) is 71.4 cm³/mol. The molecule has 6 nitrogen and oxygen atoms in total. The summed E-state index contributed by atoms with van der Waals surface area (Å²) in [5, 5.41) is 11.5. The van der Waals surface area contributed by atoms with Gasteiger partial charge < -0.3 is 20.1 Å². The summed E-state index contributed by atoms with van der Waals surface area (Å²) in [7, 11) is 3.14. The molecule has 1 rings (SSSR count). The zero-order valence-corrected chi connectivity index (χ0v) is 11.0. The minimum atomic E-state index is -0.919. The van der Waals surface area contributed by atoms with Crippen LogP contribution in [0.2, 0.25) is 0 Å². The number of carboxylic acid groups (broad SMARTS) is 1. The number of anilines is 1. The number of ether oxygens (including phenoxy) is 1. The zero-order chi connectivity index (χ0) is 14.3. The molecule has 0 radical (unpaired) electrons. The van der Waals surface area contributed by atoms with E-state index in [1.807, 2.05) is 18.2 Å². The fourth-order valence-corrected chi connectivity index (χ4v) is 1.48. The van der Waals surface area contributed by atoms with Crippen LogP contribution < -0.4 is 10.1 Å². The van der Waals surface area contributed by atoms with Gasteiger partial charge in [-0.2, -0.15) is 0 Å². The number of hydrogen-bond acceptors (Lipinski definition) is 4. The number of hydrogen-bond donors (Lipinski definition) is 2. The van der Waals surface area contributed by atoms with Crippen molar-refractivity contribution in [2.45, 2.75) is 6.42 Å².